The molecule has 0 saturated carbocycles. The molecule has 0 heterocycles. The normalized spacial score (nSPS) is 11.6. The van der Waals surface area contributed by atoms with Gasteiger partial charge < -0.3 is 19.6 Å². The van der Waals surface area contributed by atoms with E-state index in [9.17, 15) is 4.79 Å². The third-order valence-corrected chi connectivity index (χ3v) is 4.93. The summed E-state index contributed by atoms with van der Waals surface area (Å²) in [6.07, 6.45) is 22.2. The van der Waals surface area contributed by atoms with Crippen molar-refractivity contribution in [2.75, 3.05) is 13.2 Å². The zero-order valence-corrected chi connectivity index (χ0v) is 18.2. The second kappa shape index (κ2) is 21.8. The van der Waals surface area contributed by atoms with Crippen molar-refractivity contribution in [1.82, 2.24) is 5.32 Å². The van der Waals surface area contributed by atoms with E-state index in [1.807, 2.05) is 0 Å². The molecule has 0 fully saturated rings. The molecule has 0 aliphatic rings. The lowest BCUT2D eigenvalue weighted by atomic mass is 10.1. The van der Waals surface area contributed by atoms with Crippen LogP contribution in [0.2, 0.25) is 0 Å². The molecule has 0 bridgehead atoms. The standard InChI is InChI=1S/C21H42NO4P/c1-2-3-4-5-6-7-8-9-10-11-12-13-14-15-16-18-21(23)22-19-17-20-26-27(24)25/h9-10,24-25H,2-8,11-20H2,1H3,(H,22,23)/b10-9-. The smallest absolute Gasteiger partial charge is 0.327 e. The maximum Gasteiger partial charge on any atom is 0.327 e. The topological polar surface area (TPSA) is 78.8 Å². The zero-order valence-electron chi connectivity index (χ0n) is 17.3. The molecule has 0 rings (SSSR count). The Balaban J connectivity index is 3.21. The van der Waals surface area contributed by atoms with Gasteiger partial charge in [-0.1, -0.05) is 70.4 Å². The molecule has 0 spiro atoms. The average Bonchev–Trinajstić information content (AvgIpc) is 2.64. The van der Waals surface area contributed by atoms with Gasteiger partial charge in [-0.2, -0.15) is 0 Å². The van der Waals surface area contributed by atoms with E-state index in [-0.39, 0.29) is 12.5 Å². The molecule has 6 heteroatoms. The van der Waals surface area contributed by atoms with Crippen LogP contribution in [0.25, 0.3) is 0 Å². The molecule has 0 saturated heterocycles. The van der Waals surface area contributed by atoms with Crippen molar-refractivity contribution in [2.45, 2.75) is 103 Å². The Labute approximate surface area is 168 Å². The molecule has 0 aromatic heterocycles. The highest BCUT2D eigenvalue weighted by Gasteiger charge is 2.02. The number of allylic oxidation sites excluding steroid dienone is 2. The lowest BCUT2D eigenvalue weighted by Gasteiger charge is -2.06. The van der Waals surface area contributed by atoms with Crippen molar-refractivity contribution in [3.63, 3.8) is 0 Å². The third kappa shape index (κ3) is 23.5. The first-order valence-electron chi connectivity index (χ1n) is 10.9. The molecule has 0 aromatic carbocycles. The fraction of sp³-hybridized carbons (Fsp3) is 0.857. The summed E-state index contributed by atoms with van der Waals surface area (Å²) in [4.78, 5) is 28.8. The largest absolute Gasteiger partial charge is 0.356 e. The van der Waals surface area contributed by atoms with Crippen molar-refractivity contribution in [2.24, 2.45) is 0 Å². The van der Waals surface area contributed by atoms with Gasteiger partial charge >= 0.3 is 8.60 Å². The molecule has 0 unspecified atom stereocenters. The lowest BCUT2D eigenvalue weighted by Crippen LogP contribution is -2.24. The minimum atomic E-state index is -2.28. The Morgan fingerprint density at radius 1 is 0.852 bits per heavy atom. The van der Waals surface area contributed by atoms with Crippen molar-refractivity contribution >= 4 is 14.5 Å². The van der Waals surface area contributed by atoms with Crippen molar-refractivity contribution in [3.8, 4) is 0 Å². The van der Waals surface area contributed by atoms with Gasteiger partial charge in [0, 0.05) is 13.0 Å². The number of hydrogen-bond donors (Lipinski definition) is 3. The van der Waals surface area contributed by atoms with Crippen LogP contribution in [0, 0.1) is 0 Å². The van der Waals surface area contributed by atoms with Gasteiger partial charge in [0.05, 0.1) is 6.61 Å². The van der Waals surface area contributed by atoms with Gasteiger partial charge in [-0.15, -0.1) is 0 Å². The van der Waals surface area contributed by atoms with E-state index in [4.69, 9.17) is 9.79 Å². The Morgan fingerprint density at radius 3 is 2.00 bits per heavy atom. The molecule has 1 amide bonds. The van der Waals surface area contributed by atoms with E-state index in [2.05, 4.69) is 28.9 Å². The van der Waals surface area contributed by atoms with Crippen molar-refractivity contribution < 1.29 is 19.1 Å². The fourth-order valence-electron chi connectivity index (χ4n) is 2.89. The minimum absolute atomic E-state index is 0.0721. The molecule has 0 radical (unpaired) electrons. The average molecular weight is 404 g/mol. The van der Waals surface area contributed by atoms with Crippen LogP contribution < -0.4 is 5.32 Å². The first-order chi connectivity index (χ1) is 13.2. The van der Waals surface area contributed by atoms with Crippen LogP contribution >= 0.6 is 8.60 Å². The lowest BCUT2D eigenvalue weighted by molar-refractivity contribution is -0.121. The minimum Gasteiger partial charge on any atom is -0.356 e. The predicted molar refractivity (Wildman–Crippen MR) is 114 cm³/mol. The maximum absolute atomic E-state index is 11.6. The maximum atomic E-state index is 11.6. The van der Waals surface area contributed by atoms with Gasteiger partial charge in [-0.05, 0) is 38.5 Å². The van der Waals surface area contributed by atoms with Crippen LogP contribution in [-0.2, 0) is 9.32 Å². The second-order valence-electron chi connectivity index (χ2n) is 7.12. The van der Waals surface area contributed by atoms with E-state index >= 15 is 0 Å². The van der Waals surface area contributed by atoms with E-state index < -0.39 is 8.60 Å². The van der Waals surface area contributed by atoms with Crippen LogP contribution in [0.1, 0.15) is 103 Å². The van der Waals surface area contributed by atoms with Gasteiger partial charge in [0.2, 0.25) is 5.91 Å². The van der Waals surface area contributed by atoms with Crippen molar-refractivity contribution in [3.05, 3.63) is 12.2 Å². The number of rotatable bonds is 20. The van der Waals surface area contributed by atoms with E-state index in [0.717, 1.165) is 12.8 Å². The molecule has 27 heavy (non-hydrogen) atoms. The van der Waals surface area contributed by atoms with Crippen LogP contribution in [0.4, 0.5) is 0 Å². The molecule has 3 N–H and O–H groups in total. The molecule has 0 aliphatic carbocycles. The van der Waals surface area contributed by atoms with Crippen LogP contribution in [0.3, 0.4) is 0 Å². The van der Waals surface area contributed by atoms with Gasteiger partial charge in [-0.25, -0.2) is 0 Å². The zero-order chi connectivity index (χ0) is 20.0. The first kappa shape index (κ1) is 26.5. The van der Waals surface area contributed by atoms with Gasteiger partial charge in [-0.3, -0.25) is 4.79 Å². The molecule has 0 atom stereocenters. The van der Waals surface area contributed by atoms with Crippen molar-refractivity contribution in [1.29, 1.82) is 0 Å². The third-order valence-electron chi connectivity index (χ3n) is 4.52. The highest BCUT2D eigenvalue weighted by molar-refractivity contribution is 7.39. The van der Waals surface area contributed by atoms with Gasteiger partial charge in [0.25, 0.3) is 0 Å². The number of nitrogens with one attached hydrogen (secondary N) is 1. The summed E-state index contributed by atoms with van der Waals surface area (Å²) in [6.45, 7) is 3.04. The summed E-state index contributed by atoms with van der Waals surface area (Å²) in [5.41, 5.74) is 0. The van der Waals surface area contributed by atoms with Gasteiger partial charge in [0.15, 0.2) is 0 Å². The molecule has 0 aromatic rings. The summed E-state index contributed by atoms with van der Waals surface area (Å²) in [5, 5.41) is 2.82. The highest BCUT2D eigenvalue weighted by atomic mass is 31.2. The molecule has 160 valence electrons. The quantitative estimate of drug-likeness (QED) is 0.137. The Bertz CT molecular complexity index is 351. The van der Waals surface area contributed by atoms with E-state index in [1.54, 1.807) is 0 Å². The predicted octanol–water partition coefficient (Wildman–Crippen LogP) is 5.76. The summed E-state index contributed by atoms with van der Waals surface area (Å²) in [5.74, 6) is 0.0721. The highest BCUT2D eigenvalue weighted by Crippen LogP contribution is 2.23. The molecule has 0 aliphatic heterocycles. The van der Waals surface area contributed by atoms with Gasteiger partial charge in [0.1, 0.15) is 0 Å². The number of carbonyl (C=O) groups excluding carboxylic acids is 1. The van der Waals surface area contributed by atoms with Crippen LogP contribution in [-0.4, -0.2) is 28.8 Å². The number of amides is 1. The SMILES string of the molecule is CCCCCCCC/C=C\CCCCCCCC(=O)NCCCOP(O)O. The Morgan fingerprint density at radius 2 is 1.41 bits per heavy atom. The molecular weight excluding hydrogens is 361 g/mol. The molecule has 5 nitrogen and oxygen atoms in total. The monoisotopic (exact) mass is 403 g/mol. The Kier molecular flexibility index (Phi) is 21.4. The van der Waals surface area contributed by atoms with Crippen LogP contribution in [0.15, 0.2) is 12.2 Å². The summed E-state index contributed by atoms with van der Waals surface area (Å²) in [7, 11) is -2.28. The Hall–Kier alpha value is -0.480. The summed E-state index contributed by atoms with van der Waals surface area (Å²) < 4.78 is 4.63. The van der Waals surface area contributed by atoms with E-state index in [0.29, 0.717) is 19.4 Å². The first-order valence-corrected chi connectivity index (χ1v) is 12.1. The number of hydrogen-bond acceptors (Lipinski definition) is 4. The second-order valence-corrected chi connectivity index (χ2v) is 7.89. The summed E-state index contributed by atoms with van der Waals surface area (Å²) in [6, 6.07) is 0. The summed E-state index contributed by atoms with van der Waals surface area (Å²) >= 11 is 0. The number of carbonyl (C=O) groups is 1. The van der Waals surface area contributed by atoms with E-state index in [1.165, 1.54) is 70.6 Å². The fourth-order valence-corrected chi connectivity index (χ4v) is 3.18. The molecular formula is C21H42NO4P. The van der Waals surface area contributed by atoms with Crippen LogP contribution in [0.5, 0.6) is 0 Å². The number of unbranched alkanes of at least 4 members (excludes halogenated alkanes) is 11.